The third-order valence-corrected chi connectivity index (χ3v) is 4.35. The Labute approximate surface area is 139 Å². The summed E-state index contributed by atoms with van der Waals surface area (Å²) in [7, 11) is 0. The van der Waals surface area contributed by atoms with E-state index in [-0.39, 0.29) is 11.1 Å². The summed E-state index contributed by atoms with van der Waals surface area (Å²) in [6.07, 6.45) is 5.48. The van der Waals surface area contributed by atoms with E-state index in [9.17, 15) is 4.79 Å². The molecule has 1 aliphatic rings. The Morgan fingerprint density at radius 2 is 2.00 bits per heavy atom. The molecular formula is C16H21N7O. The molecule has 8 nitrogen and oxygen atoms in total. The molecule has 0 amide bonds. The van der Waals surface area contributed by atoms with E-state index in [1.807, 2.05) is 27.7 Å². The molecule has 1 fully saturated rings. The maximum Gasteiger partial charge on any atom is 0.264 e. The van der Waals surface area contributed by atoms with Gasteiger partial charge in [-0.3, -0.25) is 9.36 Å². The zero-order valence-corrected chi connectivity index (χ0v) is 14.4. The molecule has 0 aliphatic heterocycles. The Morgan fingerprint density at radius 1 is 1.25 bits per heavy atom. The summed E-state index contributed by atoms with van der Waals surface area (Å²) < 4.78 is 5.50. The average molecular weight is 327 g/mol. The number of fused-ring (bicyclic) bond motifs is 1. The first-order chi connectivity index (χ1) is 11.4. The molecule has 0 atom stereocenters. The van der Waals surface area contributed by atoms with Crippen molar-refractivity contribution in [1.29, 1.82) is 0 Å². The van der Waals surface area contributed by atoms with E-state index in [2.05, 4.69) is 24.8 Å². The lowest BCUT2D eigenvalue weighted by molar-refractivity contribution is 0.365. The first-order valence-corrected chi connectivity index (χ1v) is 8.20. The second kappa shape index (κ2) is 4.99. The molecular weight excluding hydrogens is 306 g/mol. The van der Waals surface area contributed by atoms with Gasteiger partial charge >= 0.3 is 0 Å². The highest BCUT2D eigenvalue weighted by Gasteiger charge is 2.28. The second-order valence-electron chi connectivity index (χ2n) is 7.41. The Bertz CT molecular complexity index is 969. The number of rotatable bonds is 3. The Balaban J connectivity index is 1.76. The smallest absolute Gasteiger partial charge is 0.264 e. The standard InChI is InChI=1S/C16H21N7O/c1-10-19-20-13(22(10)11-5-6-11)8-21-9-17-14-12(15(21)24)7-18-23(14)16(2,3)4/h7,9,11H,5-6,8H2,1-4H3. The quantitative estimate of drug-likeness (QED) is 0.730. The van der Waals surface area contributed by atoms with Crippen LogP contribution in [-0.2, 0) is 12.1 Å². The van der Waals surface area contributed by atoms with Crippen LogP contribution >= 0.6 is 0 Å². The fraction of sp³-hybridized carbons (Fsp3) is 0.562. The first-order valence-electron chi connectivity index (χ1n) is 8.20. The highest BCUT2D eigenvalue weighted by molar-refractivity contribution is 5.73. The molecule has 0 radical (unpaired) electrons. The maximum atomic E-state index is 12.8. The summed E-state index contributed by atoms with van der Waals surface area (Å²) in [4.78, 5) is 17.3. The molecule has 3 aromatic heterocycles. The Morgan fingerprint density at radius 3 is 2.67 bits per heavy atom. The lowest BCUT2D eigenvalue weighted by Crippen LogP contribution is -2.26. The number of aromatic nitrogens is 7. The van der Waals surface area contributed by atoms with Crippen molar-refractivity contribution in [3.63, 3.8) is 0 Å². The minimum absolute atomic E-state index is 0.0986. The van der Waals surface area contributed by atoms with Gasteiger partial charge < -0.3 is 4.57 Å². The Hall–Kier alpha value is -2.51. The molecule has 0 unspecified atom stereocenters. The fourth-order valence-corrected chi connectivity index (χ4v) is 3.03. The van der Waals surface area contributed by atoms with E-state index < -0.39 is 0 Å². The third-order valence-electron chi connectivity index (χ3n) is 4.35. The van der Waals surface area contributed by atoms with Gasteiger partial charge in [0.2, 0.25) is 0 Å². The number of hydrogen-bond donors (Lipinski definition) is 0. The van der Waals surface area contributed by atoms with Gasteiger partial charge in [-0.25, -0.2) is 9.67 Å². The van der Waals surface area contributed by atoms with Crippen molar-refractivity contribution in [2.45, 2.75) is 58.7 Å². The van der Waals surface area contributed by atoms with Gasteiger partial charge in [0.1, 0.15) is 17.5 Å². The van der Waals surface area contributed by atoms with Crippen molar-refractivity contribution in [1.82, 2.24) is 34.1 Å². The SMILES string of the molecule is Cc1nnc(Cn2cnc3c(cnn3C(C)(C)C)c2=O)n1C1CC1. The van der Waals surface area contributed by atoms with Crippen LogP contribution in [0.15, 0.2) is 17.3 Å². The number of nitrogens with zero attached hydrogens (tertiary/aromatic N) is 7. The van der Waals surface area contributed by atoms with Crippen LogP contribution in [0.5, 0.6) is 0 Å². The highest BCUT2D eigenvalue weighted by Crippen LogP contribution is 2.36. The van der Waals surface area contributed by atoms with E-state index in [1.54, 1.807) is 21.8 Å². The summed E-state index contributed by atoms with van der Waals surface area (Å²) in [6.45, 7) is 8.43. The minimum atomic E-state index is -0.226. The predicted molar refractivity (Wildman–Crippen MR) is 88.9 cm³/mol. The average Bonchev–Trinajstić information content (AvgIpc) is 3.12. The third kappa shape index (κ3) is 2.33. The molecule has 3 heterocycles. The number of hydrogen-bond acceptors (Lipinski definition) is 5. The van der Waals surface area contributed by atoms with Gasteiger partial charge in [0.15, 0.2) is 11.5 Å². The van der Waals surface area contributed by atoms with Crippen molar-refractivity contribution >= 4 is 11.0 Å². The van der Waals surface area contributed by atoms with Crippen LogP contribution in [0.4, 0.5) is 0 Å². The van der Waals surface area contributed by atoms with Crippen LogP contribution in [0.1, 0.15) is 51.3 Å². The molecule has 126 valence electrons. The molecule has 0 bridgehead atoms. The zero-order chi connectivity index (χ0) is 17.1. The number of aryl methyl sites for hydroxylation is 1. The monoisotopic (exact) mass is 327 g/mol. The van der Waals surface area contributed by atoms with Crippen molar-refractivity contribution < 1.29 is 0 Å². The van der Waals surface area contributed by atoms with Crippen LogP contribution in [-0.4, -0.2) is 34.1 Å². The molecule has 3 aromatic rings. The predicted octanol–water partition coefficient (Wildman–Crippen LogP) is 1.63. The van der Waals surface area contributed by atoms with Gasteiger partial charge in [0.05, 0.1) is 18.3 Å². The van der Waals surface area contributed by atoms with Crippen LogP contribution in [0.3, 0.4) is 0 Å². The second-order valence-corrected chi connectivity index (χ2v) is 7.41. The van der Waals surface area contributed by atoms with Crippen LogP contribution in [0.2, 0.25) is 0 Å². The van der Waals surface area contributed by atoms with E-state index in [4.69, 9.17) is 0 Å². The fourth-order valence-electron chi connectivity index (χ4n) is 3.03. The van der Waals surface area contributed by atoms with Crippen molar-refractivity contribution in [3.05, 3.63) is 34.5 Å². The van der Waals surface area contributed by atoms with Gasteiger partial charge in [-0.2, -0.15) is 5.10 Å². The van der Waals surface area contributed by atoms with Gasteiger partial charge in [0, 0.05) is 6.04 Å². The van der Waals surface area contributed by atoms with Crippen LogP contribution in [0.25, 0.3) is 11.0 Å². The largest absolute Gasteiger partial charge is 0.311 e. The van der Waals surface area contributed by atoms with Crippen LogP contribution in [0, 0.1) is 6.92 Å². The molecule has 1 saturated carbocycles. The van der Waals surface area contributed by atoms with Crippen molar-refractivity contribution in [3.8, 4) is 0 Å². The topological polar surface area (TPSA) is 83.4 Å². The summed E-state index contributed by atoms with van der Waals surface area (Å²) in [6, 6.07) is 0.478. The highest BCUT2D eigenvalue weighted by atomic mass is 16.1. The van der Waals surface area contributed by atoms with E-state index in [0.29, 0.717) is 23.6 Å². The molecule has 0 spiro atoms. The lowest BCUT2D eigenvalue weighted by Gasteiger charge is -2.19. The first kappa shape index (κ1) is 15.0. The molecule has 24 heavy (non-hydrogen) atoms. The summed E-state index contributed by atoms with van der Waals surface area (Å²) in [5.41, 5.74) is 0.290. The molecule has 0 aromatic carbocycles. The normalized spacial score (nSPS) is 15.3. The molecule has 8 heteroatoms. The summed E-state index contributed by atoms with van der Waals surface area (Å²) in [5, 5.41) is 13.3. The van der Waals surface area contributed by atoms with Gasteiger partial charge in [0.25, 0.3) is 5.56 Å². The van der Waals surface area contributed by atoms with E-state index >= 15 is 0 Å². The van der Waals surface area contributed by atoms with E-state index in [0.717, 1.165) is 24.5 Å². The minimum Gasteiger partial charge on any atom is -0.311 e. The Kier molecular flexibility index (Phi) is 3.13. The summed E-state index contributed by atoms with van der Waals surface area (Å²) in [5.74, 6) is 1.71. The van der Waals surface area contributed by atoms with Crippen molar-refractivity contribution in [2.75, 3.05) is 0 Å². The van der Waals surface area contributed by atoms with Crippen molar-refractivity contribution in [2.24, 2.45) is 0 Å². The maximum absolute atomic E-state index is 12.8. The van der Waals surface area contributed by atoms with Crippen LogP contribution < -0.4 is 5.56 Å². The molecule has 0 saturated heterocycles. The van der Waals surface area contributed by atoms with Gasteiger partial charge in [-0.15, -0.1) is 10.2 Å². The lowest BCUT2D eigenvalue weighted by atomic mass is 10.1. The molecule has 1 aliphatic carbocycles. The summed E-state index contributed by atoms with van der Waals surface area (Å²) >= 11 is 0. The zero-order valence-electron chi connectivity index (χ0n) is 14.4. The molecule has 4 rings (SSSR count). The molecule has 0 N–H and O–H groups in total. The van der Waals surface area contributed by atoms with Gasteiger partial charge in [-0.05, 0) is 40.5 Å². The van der Waals surface area contributed by atoms with Gasteiger partial charge in [-0.1, -0.05) is 0 Å². The van der Waals surface area contributed by atoms with E-state index in [1.165, 1.54) is 0 Å².